The number of hydrogen-bond acceptors (Lipinski definition) is 1. The first-order valence-corrected chi connectivity index (χ1v) is 11.0. The number of pyridine rings is 1. The summed E-state index contributed by atoms with van der Waals surface area (Å²) in [4.78, 5) is 4.89. The molecule has 0 amide bonds. The maximum atomic E-state index is 4.89. The quantitative estimate of drug-likeness (QED) is 0.313. The topological polar surface area (TPSA) is 17.8 Å². The molecule has 7 rings (SSSR count). The monoisotopic (exact) mass is 386 g/mol. The number of fused-ring (bicyclic) bond motifs is 8. The van der Waals surface area contributed by atoms with Gasteiger partial charge in [-0.1, -0.05) is 48.5 Å². The SMILES string of the molecule is c1ccc(-n2c3ccccc3c3ccc(-c4cc5c(cn4)[C@H]4CC[C@H]5C4)cc32)cc1. The summed E-state index contributed by atoms with van der Waals surface area (Å²) < 4.78 is 2.38. The Hall–Kier alpha value is -3.39. The summed E-state index contributed by atoms with van der Waals surface area (Å²) in [6.45, 7) is 0. The standard InChI is InChI=1S/C28H22N2/c1-2-6-21(7-3-1)30-27-9-5-4-8-22(27)23-13-12-20(15-28(23)30)26-16-24-18-10-11-19(14-18)25(24)17-29-26/h1-9,12-13,15-19H,10-11,14H2/t18-,19-/m0/s1. The summed E-state index contributed by atoms with van der Waals surface area (Å²) in [6.07, 6.45) is 6.19. The normalized spacial score (nSPS) is 19.6. The van der Waals surface area contributed by atoms with E-state index in [9.17, 15) is 0 Å². The number of benzene rings is 3. The fourth-order valence-electron chi connectivity index (χ4n) is 5.87. The molecule has 2 atom stereocenters. The highest BCUT2D eigenvalue weighted by Gasteiger charge is 2.37. The number of aromatic nitrogens is 2. The maximum Gasteiger partial charge on any atom is 0.0705 e. The molecule has 2 aromatic heterocycles. The lowest BCUT2D eigenvalue weighted by Crippen LogP contribution is -2.00. The van der Waals surface area contributed by atoms with Crippen LogP contribution in [-0.2, 0) is 0 Å². The van der Waals surface area contributed by atoms with Gasteiger partial charge in [-0.25, -0.2) is 0 Å². The number of nitrogens with zero attached hydrogens (tertiary/aromatic N) is 2. The molecule has 3 aromatic carbocycles. The van der Waals surface area contributed by atoms with E-state index in [-0.39, 0.29) is 0 Å². The zero-order chi connectivity index (χ0) is 19.7. The van der Waals surface area contributed by atoms with Gasteiger partial charge in [0, 0.05) is 28.2 Å². The first-order chi connectivity index (χ1) is 14.9. The van der Waals surface area contributed by atoms with Crippen LogP contribution in [-0.4, -0.2) is 9.55 Å². The predicted molar refractivity (Wildman–Crippen MR) is 123 cm³/mol. The van der Waals surface area contributed by atoms with Crippen molar-refractivity contribution in [3.8, 4) is 16.9 Å². The molecular weight excluding hydrogens is 364 g/mol. The second kappa shape index (κ2) is 6.06. The molecule has 2 nitrogen and oxygen atoms in total. The molecule has 2 bridgehead atoms. The van der Waals surface area contributed by atoms with E-state index in [1.54, 1.807) is 5.56 Å². The Morgan fingerprint density at radius 3 is 2.37 bits per heavy atom. The second-order valence-electron chi connectivity index (χ2n) is 8.83. The molecule has 2 aliphatic carbocycles. The van der Waals surface area contributed by atoms with Crippen molar-refractivity contribution in [1.29, 1.82) is 0 Å². The minimum absolute atomic E-state index is 0.756. The van der Waals surface area contributed by atoms with Crippen LogP contribution in [0.15, 0.2) is 85.1 Å². The van der Waals surface area contributed by atoms with Gasteiger partial charge in [-0.15, -0.1) is 0 Å². The van der Waals surface area contributed by atoms with Crippen LogP contribution < -0.4 is 0 Å². The highest BCUT2D eigenvalue weighted by molar-refractivity contribution is 6.10. The average Bonchev–Trinajstić information content (AvgIpc) is 3.51. The van der Waals surface area contributed by atoms with Crippen LogP contribution in [0.3, 0.4) is 0 Å². The molecule has 1 saturated carbocycles. The van der Waals surface area contributed by atoms with Crippen molar-refractivity contribution < 1.29 is 0 Å². The molecular formula is C28H22N2. The molecule has 1 fully saturated rings. The van der Waals surface area contributed by atoms with E-state index < -0.39 is 0 Å². The molecule has 5 aromatic rings. The molecule has 0 spiro atoms. The van der Waals surface area contributed by atoms with Crippen LogP contribution in [0.1, 0.15) is 42.2 Å². The van der Waals surface area contributed by atoms with Crippen molar-refractivity contribution in [3.05, 3.63) is 96.2 Å². The smallest absolute Gasteiger partial charge is 0.0705 e. The van der Waals surface area contributed by atoms with Crippen molar-refractivity contribution in [1.82, 2.24) is 9.55 Å². The van der Waals surface area contributed by atoms with E-state index in [2.05, 4.69) is 89.6 Å². The van der Waals surface area contributed by atoms with Gasteiger partial charge in [-0.3, -0.25) is 4.98 Å². The number of rotatable bonds is 2. The molecule has 30 heavy (non-hydrogen) atoms. The summed E-state index contributed by atoms with van der Waals surface area (Å²) in [5.41, 5.74) is 9.05. The van der Waals surface area contributed by atoms with Crippen molar-refractivity contribution in [2.75, 3.05) is 0 Å². The minimum Gasteiger partial charge on any atom is -0.309 e. The molecule has 2 heterocycles. The third-order valence-electron chi connectivity index (χ3n) is 7.26. The molecule has 0 unspecified atom stereocenters. The first-order valence-electron chi connectivity index (χ1n) is 11.0. The van der Waals surface area contributed by atoms with Crippen molar-refractivity contribution in [2.45, 2.75) is 31.1 Å². The Morgan fingerprint density at radius 2 is 1.47 bits per heavy atom. The van der Waals surface area contributed by atoms with Gasteiger partial charge in [0.05, 0.1) is 16.7 Å². The van der Waals surface area contributed by atoms with Crippen molar-refractivity contribution in [2.24, 2.45) is 0 Å². The molecule has 0 radical (unpaired) electrons. The number of hydrogen-bond donors (Lipinski definition) is 0. The Bertz CT molecular complexity index is 1430. The average molecular weight is 386 g/mol. The summed E-state index contributed by atoms with van der Waals surface area (Å²) in [5, 5.41) is 2.58. The van der Waals surface area contributed by atoms with Crippen LogP contribution in [0, 0.1) is 0 Å². The summed E-state index contributed by atoms with van der Waals surface area (Å²) >= 11 is 0. The summed E-state index contributed by atoms with van der Waals surface area (Å²) in [6, 6.07) is 28.6. The van der Waals surface area contributed by atoms with Gasteiger partial charge >= 0.3 is 0 Å². The Morgan fingerprint density at radius 1 is 0.700 bits per heavy atom. The van der Waals surface area contributed by atoms with Gasteiger partial charge in [-0.05, 0) is 72.6 Å². The lowest BCUT2D eigenvalue weighted by Gasteiger charge is -2.15. The van der Waals surface area contributed by atoms with E-state index >= 15 is 0 Å². The molecule has 0 saturated heterocycles. The summed E-state index contributed by atoms with van der Waals surface area (Å²) in [5.74, 6) is 1.51. The Labute approximate surface area is 175 Å². The van der Waals surface area contributed by atoms with Gasteiger partial charge in [0.1, 0.15) is 0 Å². The van der Waals surface area contributed by atoms with Gasteiger partial charge < -0.3 is 4.57 Å². The van der Waals surface area contributed by atoms with E-state index in [4.69, 9.17) is 4.98 Å². The van der Waals surface area contributed by atoms with Gasteiger partial charge in [0.25, 0.3) is 0 Å². The molecule has 2 aliphatic rings. The van der Waals surface area contributed by atoms with Gasteiger partial charge in [0.2, 0.25) is 0 Å². The molecule has 144 valence electrons. The van der Waals surface area contributed by atoms with Crippen LogP contribution in [0.2, 0.25) is 0 Å². The predicted octanol–water partition coefficient (Wildman–Crippen LogP) is 7.21. The first kappa shape index (κ1) is 16.4. The van der Waals surface area contributed by atoms with E-state index in [1.807, 2.05) is 0 Å². The highest BCUT2D eigenvalue weighted by Crippen LogP contribution is 2.53. The maximum absolute atomic E-state index is 4.89. The zero-order valence-corrected chi connectivity index (χ0v) is 16.8. The Kier molecular flexibility index (Phi) is 3.31. The van der Waals surface area contributed by atoms with E-state index in [1.165, 1.54) is 57.9 Å². The van der Waals surface area contributed by atoms with E-state index in [0.717, 1.165) is 17.5 Å². The highest BCUT2D eigenvalue weighted by atomic mass is 15.0. The van der Waals surface area contributed by atoms with E-state index in [0.29, 0.717) is 0 Å². The lowest BCUT2D eigenvalue weighted by molar-refractivity contribution is 0.714. The van der Waals surface area contributed by atoms with Gasteiger partial charge in [0.15, 0.2) is 0 Å². The second-order valence-corrected chi connectivity index (χ2v) is 8.83. The molecule has 0 N–H and O–H groups in total. The lowest BCUT2D eigenvalue weighted by atomic mass is 9.92. The Balaban J connectivity index is 1.47. The fraction of sp³-hybridized carbons (Fsp3) is 0.179. The third kappa shape index (κ3) is 2.22. The molecule has 0 aliphatic heterocycles. The van der Waals surface area contributed by atoms with Crippen molar-refractivity contribution in [3.63, 3.8) is 0 Å². The van der Waals surface area contributed by atoms with Crippen LogP contribution in [0.25, 0.3) is 38.8 Å². The molecule has 2 heteroatoms. The largest absolute Gasteiger partial charge is 0.309 e. The fourth-order valence-corrected chi connectivity index (χ4v) is 5.87. The van der Waals surface area contributed by atoms with Crippen LogP contribution >= 0.6 is 0 Å². The minimum atomic E-state index is 0.756. The van der Waals surface area contributed by atoms with Crippen molar-refractivity contribution >= 4 is 21.8 Å². The van der Waals surface area contributed by atoms with Crippen LogP contribution in [0.5, 0.6) is 0 Å². The van der Waals surface area contributed by atoms with Crippen LogP contribution in [0.4, 0.5) is 0 Å². The van der Waals surface area contributed by atoms with Gasteiger partial charge in [-0.2, -0.15) is 0 Å². The zero-order valence-electron chi connectivity index (χ0n) is 16.8. The third-order valence-corrected chi connectivity index (χ3v) is 7.26. The number of para-hydroxylation sites is 2. The summed E-state index contributed by atoms with van der Waals surface area (Å²) in [7, 11) is 0.